The third-order valence-electron chi connectivity index (χ3n) is 2.26. The molecule has 0 fully saturated rings. The second-order valence-electron chi connectivity index (χ2n) is 5.53. The standard InChI is InChI=1S/C14H30N4O3/c1-5-20-11-7-10-17-12(15)16-8-6-9-18-13(19)21-14(2,3)4/h5-11H2,1-4H3,(H,18,19)(H3,15,16,17). The Labute approximate surface area is 127 Å². The Balaban J connectivity index is 3.55. The molecule has 0 aliphatic rings. The number of nitrogens with two attached hydrogens (primary N) is 1. The molecule has 0 saturated heterocycles. The van der Waals surface area contributed by atoms with E-state index in [0.29, 0.717) is 25.5 Å². The van der Waals surface area contributed by atoms with Crippen molar-refractivity contribution < 1.29 is 14.3 Å². The molecule has 4 N–H and O–H groups in total. The number of aliphatic imine (C=N–C) groups is 1. The van der Waals surface area contributed by atoms with E-state index in [1.54, 1.807) is 0 Å². The van der Waals surface area contributed by atoms with Gasteiger partial charge in [-0.2, -0.15) is 0 Å². The summed E-state index contributed by atoms with van der Waals surface area (Å²) in [5.41, 5.74) is 5.23. The lowest BCUT2D eigenvalue weighted by atomic mass is 10.2. The minimum atomic E-state index is -0.474. The van der Waals surface area contributed by atoms with Gasteiger partial charge in [-0.3, -0.25) is 4.99 Å². The number of amides is 1. The normalized spacial score (nSPS) is 12.1. The Bertz CT molecular complexity index is 314. The van der Waals surface area contributed by atoms with Crippen molar-refractivity contribution in [3.63, 3.8) is 0 Å². The Hall–Kier alpha value is -1.50. The van der Waals surface area contributed by atoms with Gasteiger partial charge in [0.1, 0.15) is 5.60 Å². The minimum absolute atomic E-state index is 0.409. The first-order valence-electron chi connectivity index (χ1n) is 7.43. The summed E-state index contributed by atoms with van der Waals surface area (Å²) in [5.74, 6) is 0.420. The Morgan fingerprint density at radius 2 is 1.86 bits per heavy atom. The number of nitrogens with one attached hydrogen (secondary N) is 2. The van der Waals surface area contributed by atoms with Crippen molar-refractivity contribution >= 4 is 12.1 Å². The van der Waals surface area contributed by atoms with Crippen molar-refractivity contribution in [2.75, 3.05) is 32.8 Å². The molecular formula is C14H30N4O3. The summed E-state index contributed by atoms with van der Waals surface area (Å²) in [4.78, 5) is 15.5. The van der Waals surface area contributed by atoms with Crippen LogP contribution in [0.15, 0.2) is 4.99 Å². The summed E-state index contributed by atoms with van der Waals surface area (Å²) in [6.07, 6.45) is 1.19. The molecule has 0 spiro atoms. The van der Waals surface area contributed by atoms with Gasteiger partial charge in [-0.1, -0.05) is 0 Å². The summed E-state index contributed by atoms with van der Waals surface area (Å²) >= 11 is 0. The molecule has 0 aliphatic carbocycles. The molecule has 7 nitrogen and oxygen atoms in total. The highest BCUT2D eigenvalue weighted by Gasteiger charge is 2.15. The van der Waals surface area contributed by atoms with Gasteiger partial charge in [0.25, 0.3) is 0 Å². The van der Waals surface area contributed by atoms with Crippen LogP contribution in [0.5, 0.6) is 0 Å². The summed E-state index contributed by atoms with van der Waals surface area (Å²) in [7, 11) is 0. The molecule has 0 aromatic rings. The number of nitrogens with zero attached hydrogens (tertiary/aromatic N) is 1. The summed E-state index contributed by atoms with van der Waals surface area (Å²) < 4.78 is 10.3. The Morgan fingerprint density at radius 3 is 2.48 bits per heavy atom. The van der Waals surface area contributed by atoms with E-state index in [1.807, 2.05) is 27.7 Å². The van der Waals surface area contributed by atoms with Crippen molar-refractivity contribution in [2.24, 2.45) is 10.7 Å². The maximum Gasteiger partial charge on any atom is 0.407 e. The monoisotopic (exact) mass is 302 g/mol. The maximum atomic E-state index is 11.4. The van der Waals surface area contributed by atoms with E-state index in [1.165, 1.54) is 0 Å². The van der Waals surface area contributed by atoms with Crippen molar-refractivity contribution in [1.82, 2.24) is 10.6 Å². The third kappa shape index (κ3) is 14.7. The van der Waals surface area contributed by atoms with Gasteiger partial charge in [0.2, 0.25) is 0 Å². The van der Waals surface area contributed by atoms with E-state index in [0.717, 1.165) is 26.2 Å². The fourth-order valence-corrected chi connectivity index (χ4v) is 1.37. The zero-order valence-electron chi connectivity index (χ0n) is 13.7. The molecule has 0 atom stereocenters. The van der Waals surface area contributed by atoms with Crippen LogP contribution in [0.3, 0.4) is 0 Å². The van der Waals surface area contributed by atoms with E-state index >= 15 is 0 Å². The minimum Gasteiger partial charge on any atom is -0.444 e. The van der Waals surface area contributed by atoms with E-state index < -0.39 is 11.7 Å². The van der Waals surface area contributed by atoms with Crippen molar-refractivity contribution in [1.29, 1.82) is 0 Å². The molecule has 0 saturated carbocycles. The molecule has 124 valence electrons. The predicted octanol–water partition coefficient (Wildman–Crippen LogP) is 1.23. The van der Waals surface area contributed by atoms with Crippen LogP contribution >= 0.6 is 0 Å². The summed E-state index contributed by atoms with van der Waals surface area (Å²) in [6.45, 7) is 10.7. The van der Waals surface area contributed by atoms with Gasteiger partial charge in [0.05, 0.1) is 0 Å². The molecule has 0 unspecified atom stereocenters. The molecule has 0 radical (unpaired) electrons. The number of hydrogen-bond acceptors (Lipinski definition) is 4. The first kappa shape index (κ1) is 19.5. The van der Waals surface area contributed by atoms with E-state index in [4.69, 9.17) is 15.2 Å². The number of carbonyl (C=O) groups is 1. The van der Waals surface area contributed by atoms with Gasteiger partial charge in [-0.05, 0) is 40.5 Å². The quantitative estimate of drug-likeness (QED) is 0.338. The molecule has 0 aromatic carbocycles. The van der Waals surface area contributed by atoms with E-state index in [9.17, 15) is 4.79 Å². The highest BCUT2D eigenvalue weighted by Crippen LogP contribution is 2.06. The molecule has 0 bridgehead atoms. The highest BCUT2D eigenvalue weighted by atomic mass is 16.6. The molecule has 0 rings (SSSR count). The Kier molecular flexibility index (Phi) is 10.4. The number of carbonyl (C=O) groups excluding carboxylic acids is 1. The lowest BCUT2D eigenvalue weighted by molar-refractivity contribution is 0.0527. The number of alkyl carbamates (subject to hydrolysis) is 1. The van der Waals surface area contributed by atoms with Crippen LogP contribution in [-0.4, -0.2) is 50.5 Å². The molecular weight excluding hydrogens is 272 g/mol. The zero-order chi connectivity index (χ0) is 16.1. The number of rotatable bonds is 9. The van der Waals surface area contributed by atoms with Crippen LogP contribution in [0.2, 0.25) is 0 Å². The van der Waals surface area contributed by atoms with Crippen LogP contribution < -0.4 is 16.4 Å². The highest BCUT2D eigenvalue weighted by molar-refractivity contribution is 5.77. The molecule has 1 amide bonds. The largest absolute Gasteiger partial charge is 0.444 e. The SMILES string of the molecule is CCOCCCNC(N)=NCCCNC(=O)OC(C)(C)C. The smallest absolute Gasteiger partial charge is 0.407 e. The molecule has 21 heavy (non-hydrogen) atoms. The summed E-state index contributed by atoms with van der Waals surface area (Å²) in [5, 5.41) is 5.68. The maximum absolute atomic E-state index is 11.4. The summed E-state index contributed by atoms with van der Waals surface area (Å²) in [6, 6.07) is 0. The fraction of sp³-hybridized carbons (Fsp3) is 0.857. The number of ether oxygens (including phenoxy) is 2. The average Bonchev–Trinajstić information content (AvgIpc) is 2.36. The predicted molar refractivity (Wildman–Crippen MR) is 84.5 cm³/mol. The van der Waals surface area contributed by atoms with Crippen LogP contribution in [-0.2, 0) is 9.47 Å². The first-order valence-corrected chi connectivity index (χ1v) is 7.43. The lowest BCUT2D eigenvalue weighted by Gasteiger charge is -2.19. The third-order valence-corrected chi connectivity index (χ3v) is 2.26. The van der Waals surface area contributed by atoms with Gasteiger partial charge >= 0.3 is 6.09 Å². The molecule has 0 heterocycles. The van der Waals surface area contributed by atoms with E-state index in [2.05, 4.69) is 15.6 Å². The van der Waals surface area contributed by atoms with E-state index in [-0.39, 0.29) is 0 Å². The zero-order valence-corrected chi connectivity index (χ0v) is 13.7. The Morgan fingerprint density at radius 1 is 1.19 bits per heavy atom. The molecule has 0 aromatic heterocycles. The van der Waals surface area contributed by atoms with Gasteiger partial charge in [-0.25, -0.2) is 4.79 Å². The molecule has 0 aliphatic heterocycles. The van der Waals surface area contributed by atoms with Gasteiger partial charge in [-0.15, -0.1) is 0 Å². The number of hydrogen-bond donors (Lipinski definition) is 3. The van der Waals surface area contributed by atoms with Crippen LogP contribution in [0.1, 0.15) is 40.5 Å². The van der Waals surface area contributed by atoms with Crippen LogP contribution in [0.25, 0.3) is 0 Å². The molecule has 7 heteroatoms. The average molecular weight is 302 g/mol. The first-order chi connectivity index (χ1) is 9.85. The van der Waals surface area contributed by atoms with Gasteiger partial charge < -0.3 is 25.8 Å². The van der Waals surface area contributed by atoms with Gasteiger partial charge in [0, 0.05) is 32.8 Å². The van der Waals surface area contributed by atoms with Crippen molar-refractivity contribution in [2.45, 2.75) is 46.1 Å². The number of guanidine groups is 1. The fourth-order valence-electron chi connectivity index (χ4n) is 1.37. The van der Waals surface area contributed by atoms with Gasteiger partial charge in [0.15, 0.2) is 5.96 Å². The lowest BCUT2D eigenvalue weighted by Crippen LogP contribution is -2.34. The van der Waals surface area contributed by atoms with Crippen LogP contribution in [0.4, 0.5) is 4.79 Å². The van der Waals surface area contributed by atoms with Crippen molar-refractivity contribution in [3.05, 3.63) is 0 Å². The van der Waals surface area contributed by atoms with Crippen LogP contribution in [0, 0.1) is 0 Å². The second-order valence-corrected chi connectivity index (χ2v) is 5.53. The second kappa shape index (κ2) is 11.2. The van der Waals surface area contributed by atoms with Crippen molar-refractivity contribution in [3.8, 4) is 0 Å². The topological polar surface area (TPSA) is 98.0 Å².